The van der Waals surface area contributed by atoms with Gasteiger partial charge in [0.05, 0.1) is 28.0 Å². The third-order valence-electron chi connectivity index (χ3n) is 7.28. The Bertz CT molecular complexity index is 1340. The number of rotatable bonds is 4. The van der Waals surface area contributed by atoms with Crippen molar-refractivity contribution in [3.63, 3.8) is 0 Å². The second-order valence-electron chi connectivity index (χ2n) is 9.27. The van der Waals surface area contributed by atoms with E-state index in [4.69, 9.17) is 0 Å². The molecule has 1 atom stereocenters. The number of nitrogens with zero attached hydrogens (tertiary/aromatic N) is 6. The van der Waals surface area contributed by atoms with Crippen LogP contribution in [0.4, 0.5) is 0 Å². The fraction of sp³-hybridized carbons (Fsp3) is 0.333. The summed E-state index contributed by atoms with van der Waals surface area (Å²) in [5, 5.41) is 6.50. The van der Waals surface area contributed by atoms with Crippen LogP contribution < -0.4 is 0 Å². The number of benzene rings is 1. The van der Waals surface area contributed by atoms with Crippen LogP contribution in [0.15, 0.2) is 60.2 Å². The molecule has 6 rings (SSSR count). The first-order valence-corrected chi connectivity index (χ1v) is 13.1. The van der Waals surface area contributed by atoms with Crippen LogP contribution in [0.5, 0.6) is 0 Å². The molecule has 35 heavy (non-hydrogen) atoms. The van der Waals surface area contributed by atoms with Crippen molar-refractivity contribution in [1.82, 2.24) is 29.5 Å². The first-order valence-electron chi connectivity index (χ1n) is 12.2. The highest BCUT2D eigenvalue weighted by molar-refractivity contribution is 7.13. The molecule has 1 saturated heterocycles. The van der Waals surface area contributed by atoms with Crippen LogP contribution in [0.25, 0.3) is 16.5 Å². The predicted molar refractivity (Wildman–Crippen MR) is 137 cm³/mol. The summed E-state index contributed by atoms with van der Waals surface area (Å²) < 4.78 is 1.67. The van der Waals surface area contributed by atoms with Crippen molar-refractivity contribution in [3.8, 4) is 16.5 Å². The van der Waals surface area contributed by atoms with Crippen molar-refractivity contribution >= 4 is 17.2 Å². The number of carbonyl (C=O) groups excluding carboxylic acids is 1. The lowest BCUT2D eigenvalue weighted by molar-refractivity contribution is 0.0552. The molecular formula is C27H28N6OS. The molecule has 1 unspecified atom stereocenters. The summed E-state index contributed by atoms with van der Waals surface area (Å²) in [6.45, 7) is 5.23. The molecule has 7 nitrogen and oxygen atoms in total. The lowest BCUT2D eigenvalue weighted by Crippen LogP contribution is -2.53. The van der Waals surface area contributed by atoms with Crippen molar-refractivity contribution in [2.75, 3.05) is 26.2 Å². The Morgan fingerprint density at radius 2 is 1.86 bits per heavy atom. The molecule has 178 valence electrons. The van der Waals surface area contributed by atoms with Gasteiger partial charge in [-0.3, -0.25) is 9.69 Å². The van der Waals surface area contributed by atoms with Gasteiger partial charge in [0.25, 0.3) is 11.9 Å². The van der Waals surface area contributed by atoms with Crippen LogP contribution in [-0.4, -0.2) is 67.7 Å². The van der Waals surface area contributed by atoms with E-state index in [-0.39, 0.29) is 5.91 Å². The lowest BCUT2D eigenvalue weighted by Gasteiger charge is -2.41. The molecule has 1 aliphatic heterocycles. The van der Waals surface area contributed by atoms with E-state index >= 15 is 0 Å². The SMILES string of the molecule is Cc1c(C(=O)N2CCN(C3CCc4ccccc4C3)CC2)cnn1-c1nccc(-c2cccs2)n1. The van der Waals surface area contributed by atoms with Crippen LogP contribution in [0.2, 0.25) is 0 Å². The highest BCUT2D eigenvalue weighted by Gasteiger charge is 2.30. The second kappa shape index (κ2) is 9.36. The molecule has 8 heteroatoms. The molecule has 4 aromatic rings. The summed E-state index contributed by atoms with van der Waals surface area (Å²) >= 11 is 1.64. The van der Waals surface area contributed by atoms with Crippen LogP contribution >= 0.6 is 11.3 Å². The summed E-state index contributed by atoms with van der Waals surface area (Å²) in [4.78, 5) is 28.1. The lowest BCUT2D eigenvalue weighted by atomic mass is 9.87. The molecule has 1 fully saturated rings. The van der Waals surface area contributed by atoms with Gasteiger partial charge in [-0.15, -0.1) is 11.3 Å². The highest BCUT2D eigenvalue weighted by atomic mass is 32.1. The maximum absolute atomic E-state index is 13.4. The number of hydrogen-bond acceptors (Lipinski definition) is 6. The van der Waals surface area contributed by atoms with Gasteiger partial charge in [0.2, 0.25) is 0 Å². The monoisotopic (exact) mass is 484 g/mol. The van der Waals surface area contributed by atoms with Crippen LogP contribution in [0.3, 0.4) is 0 Å². The zero-order chi connectivity index (χ0) is 23.8. The number of carbonyl (C=O) groups is 1. The van der Waals surface area contributed by atoms with E-state index in [9.17, 15) is 4.79 Å². The quantitative estimate of drug-likeness (QED) is 0.438. The highest BCUT2D eigenvalue weighted by Crippen LogP contribution is 2.26. The van der Waals surface area contributed by atoms with Gasteiger partial charge in [-0.25, -0.2) is 14.6 Å². The molecule has 1 aliphatic carbocycles. The topological polar surface area (TPSA) is 67.2 Å². The van der Waals surface area contributed by atoms with Gasteiger partial charge >= 0.3 is 0 Å². The van der Waals surface area contributed by atoms with Crippen LogP contribution in [0, 0.1) is 6.92 Å². The Hall–Kier alpha value is -3.36. The standard InChI is InChI=1S/C27H28N6OS/c1-19-23(18-29-33(19)27-28-11-10-24(30-27)25-7-4-16-35-25)26(34)32-14-12-31(13-15-32)22-9-8-20-5-2-3-6-21(20)17-22/h2-7,10-11,16,18,22H,8-9,12-15,17H2,1H3. The van der Waals surface area contributed by atoms with Crippen molar-refractivity contribution in [1.29, 1.82) is 0 Å². The predicted octanol–water partition coefficient (Wildman–Crippen LogP) is 4.01. The fourth-order valence-corrected chi connectivity index (χ4v) is 5.98. The number of aromatic nitrogens is 4. The minimum Gasteiger partial charge on any atom is -0.336 e. The largest absolute Gasteiger partial charge is 0.336 e. The summed E-state index contributed by atoms with van der Waals surface area (Å²) in [5.41, 5.74) is 5.22. The van der Waals surface area contributed by atoms with E-state index in [2.05, 4.69) is 44.2 Å². The molecule has 0 saturated carbocycles. The number of fused-ring (bicyclic) bond motifs is 1. The van der Waals surface area contributed by atoms with Crippen molar-refractivity contribution in [2.24, 2.45) is 0 Å². The maximum Gasteiger partial charge on any atom is 0.257 e. The van der Waals surface area contributed by atoms with Crippen molar-refractivity contribution in [2.45, 2.75) is 32.2 Å². The molecule has 0 spiro atoms. The molecule has 0 radical (unpaired) electrons. The van der Waals surface area contributed by atoms with Gasteiger partial charge in [-0.1, -0.05) is 30.3 Å². The third-order valence-corrected chi connectivity index (χ3v) is 8.18. The number of thiophene rings is 1. The van der Waals surface area contributed by atoms with E-state index < -0.39 is 0 Å². The normalized spacial score (nSPS) is 18.4. The van der Waals surface area contributed by atoms with Crippen LogP contribution in [0.1, 0.15) is 33.6 Å². The Morgan fingerprint density at radius 1 is 1.03 bits per heavy atom. The molecule has 3 aromatic heterocycles. The molecule has 1 aromatic carbocycles. The van der Waals surface area contributed by atoms with Gasteiger partial charge in [-0.2, -0.15) is 5.10 Å². The molecule has 4 heterocycles. The smallest absolute Gasteiger partial charge is 0.257 e. The van der Waals surface area contributed by atoms with E-state index in [0.717, 1.165) is 55.3 Å². The minimum absolute atomic E-state index is 0.0387. The molecule has 2 aliphatic rings. The molecule has 0 N–H and O–H groups in total. The van der Waals surface area contributed by atoms with E-state index in [1.807, 2.05) is 35.4 Å². The maximum atomic E-state index is 13.4. The Kier molecular flexibility index (Phi) is 5.91. The number of aryl methyl sites for hydroxylation is 1. The van der Waals surface area contributed by atoms with Gasteiger partial charge in [0, 0.05) is 38.4 Å². The Morgan fingerprint density at radius 3 is 2.66 bits per heavy atom. The zero-order valence-electron chi connectivity index (χ0n) is 19.8. The Labute approximate surface area is 209 Å². The summed E-state index contributed by atoms with van der Waals surface area (Å²) in [5.74, 6) is 0.520. The number of amides is 1. The van der Waals surface area contributed by atoms with Crippen molar-refractivity contribution in [3.05, 3.63) is 82.6 Å². The van der Waals surface area contributed by atoms with Crippen LogP contribution in [-0.2, 0) is 12.8 Å². The summed E-state index contributed by atoms with van der Waals surface area (Å²) in [7, 11) is 0. The van der Waals surface area contributed by atoms with Gasteiger partial charge in [0.15, 0.2) is 0 Å². The summed E-state index contributed by atoms with van der Waals surface area (Å²) in [6.07, 6.45) is 6.85. The summed E-state index contributed by atoms with van der Waals surface area (Å²) in [6, 6.07) is 15.3. The number of hydrogen-bond donors (Lipinski definition) is 0. The minimum atomic E-state index is 0.0387. The first-order chi connectivity index (χ1) is 17.2. The van der Waals surface area contributed by atoms with E-state index in [0.29, 0.717) is 17.6 Å². The zero-order valence-corrected chi connectivity index (χ0v) is 20.6. The second-order valence-corrected chi connectivity index (χ2v) is 10.2. The molecular weight excluding hydrogens is 456 g/mol. The average molecular weight is 485 g/mol. The van der Waals surface area contributed by atoms with E-state index in [1.165, 1.54) is 17.5 Å². The first kappa shape index (κ1) is 22.1. The Balaban J connectivity index is 1.13. The molecule has 1 amide bonds. The van der Waals surface area contributed by atoms with Gasteiger partial charge in [0.1, 0.15) is 0 Å². The van der Waals surface area contributed by atoms with Gasteiger partial charge in [-0.05, 0) is 54.8 Å². The van der Waals surface area contributed by atoms with Crippen molar-refractivity contribution < 1.29 is 4.79 Å². The average Bonchev–Trinajstić information content (AvgIpc) is 3.59. The molecule has 0 bridgehead atoms. The van der Waals surface area contributed by atoms with E-state index in [1.54, 1.807) is 28.4 Å². The fourth-order valence-electron chi connectivity index (χ4n) is 5.28. The third kappa shape index (κ3) is 4.28. The number of piperazine rings is 1. The van der Waals surface area contributed by atoms with Gasteiger partial charge < -0.3 is 4.90 Å².